The minimum Gasteiger partial charge on any atom is -0.497 e. The Labute approximate surface area is 273 Å². The molecule has 12 nitrogen and oxygen atoms in total. The zero-order valence-corrected chi connectivity index (χ0v) is 26.8. The Bertz CT molecular complexity index is 1840. The number of fused-ring (bicyclic) bond motifs is 2. The van der Waals surface area contributed by atoms with Crippen LogP contribution in [0.4, 0.5) is 4.79 Å². The maximum atomic E-state index is 13.7. The van der Waals surface area contributed by atoms with Crippen LogP contribution < -0.4 is 24.8 Å². The highest BCUT2D eigenvalue weighted by Crippen LogP contribution is 2.46. The van der Waals surface area contributed by atoms with E-state index in [1.165, 1.54) is 6.21 Å². The van der Waals surface area contributed by atoms with Gasteiger partial charge in [-0.1, -0.05) is 42.5 Å². The SMILES string of the molecule is COc1ccc2c(OCC[C@@H]3NC(=O)N=CCCC/C=C\[C@H]4C[C@@]4(C(=O)NS(=O)(=O)C4CC4)NC3=O)cc(-c3ccccc3)nc2c1. The van der Waals surface area contributed by atoms with Gasteiger partial charge in [0.05, 0.1) is 30.2 Å². The highest BCUT2D eigenvalue weighted by molar-refractivity contribution is 7.91. The summed E-state index contributed by atoms with van der Waals surface area (Å²) in [6.07, 6.45) is 8.49. The third kappa shape index (κ3) is 7.46. The van der Waals surface area contributed by atoms with Gasteiger partial charge in [0.15, 0.2) is 0 Å². The summed E-state index contributed by atoms with van der Waals surface area (Å²) in [5.74, 6) is -0.640. The second-order valence-electron chi connectivity index (χ2n) is 12.0. The van der Waals surface area contributed by atoms with E-state index < -0.39 is 44.7 Å². The topological polar surface area (TPSA) is 165 Å². The number of benzene rings is 2. The van der Waals surface area contributed by atoms with E-state index in [9.17, 15) is 22.8 Å². The maximum Gasteiger partial charge on any atom is 0.341 e. The summed E-state index contributed by atoms with van der Waals surface area (Å²) >= 11 is 0. The summed E-state index contributed by atoms with van der Waals surface area (Å²) in [6.45, 7) is 0.0139. The molecule has 0 spiro atoms. The van der Waals surface area contributed by atoms with Crippen LogP contribution in [0.2, 0.25) is 0 Å². The lowest BCUT2D eigenvalue weighted by molar-refractivity contribution is -0.130. The van der Waals surface area contributed by atoms with E-state index >= 15 is 0 Å². The van der Waals surface area contributed by atoms with E-state index in [2.05, 4.69) is 20.3 Å². The molecule has 0 unspecified atom stereocenters. The molecule has 3 N–H and O–H groups in total. The quantitative estimate of drug-likeness (QED) is 0.290. The number of amides is 4. The monoisotopic (exact) mass is 659 g/mol. The molecule has 3 aromatic rings. The molecule has 0 bridgehead atoms. The van der Waals surface area contributed by atoms with Crippen molar-refractivity contribution in [3.05, 3.63) is 66.7 Å². The number of allylic oxidation sites excluding steroid dienone is 1. The summed E-state index contributed by atoms with van der Waals surface area (Å²) in [4.78, 5) is 48.6. The number of aromatic nitrogens is 1. The molecule has 2 saturated carbocycles. The molecule has 3 aliphatic rings. The van der Waals surface area contributed by atoms with Crippen molar-refractivity contribution in [2.75, 3.05) is 13.7 Å². The average Bonchev–Trinajstić information content (AvgIpc) is 4.00. The van der Waals surface area contributed by atoms with E-state index in [4.69, 9.17) is 14.5 Å². The lowest BCUT2D eigenvalue weighted by Gasteiger charge is -2.23. The molecular formula is C34H37N5O7S. The molecule has 0 saturated heterocycles. The largest absolute Gasteiger partial charge is 0.497 e. The van der Waals surface area contributed by atoms with Gasteiger partial charge in [-0.3, -0.25) is 14.3 Å². The molecule has 13 heteroatoms. The summed E-state index contributed by atoms with van der Waals surface area (Å²) in [7, 11) is -2.26. The average molecular weight is 660 g/mol. The molecule has 3 atom stereocenters. The number of sulfonamides is 1. The first-order valence-corrected chi connectivity index (χ1v) is 17.3. The first kappa shape index (κ1) is 32.2. The molecule has 1 aromatic heterocycles. The molecule has 0 radical (unpaired) electrons. The van der Waals surface area contributed by atoms with Gasteiger partial charge in [0.25, 0.3) is 5.91 Å². The Morgan fingerprint density at radius 1 is 1.09 bits per heavy atom. The Kier molecular flexibility index (Phi) is 9.26. The van der Waals surface area contributed by atoms with Crippen LogP contribution in [0.3, 0.4) is 0 Å². The highest BCUT2D eigenvalue weighted by atomic mass is 32.2. The van der Waals surface area contributed by atoms with Crippen LogP contribution in [0.25, 0.3) is 22.2 Å². The van der Waals surface area contributed by atoms with Crippen LogP contribution in [0.15, 0.2) is 71.7 Å². The highest BCUT2D eigenvalue weighted by Gasteiger charge is 2.61. The van der Waals surface area contributed by atoms with Crippen molar-refractivity contribution >= 4 is 45.0 Å². The van der Waals surface area contributed by atoms with Crippen molar-refractivity contribution in [3.8, 4) is 22.8 Å². The van der Waals surface area contributed by atoms with Crippen molar-refractivity contribution < 1.29 is 32.3 Å². The predicted octanol–water partition coefficient (Wildman–Crippen LogP) is 4.05. The number of nitrogens with zero attached hydrogens (tertiary/aromatic N) is 2. The number of carbonyl (C=O) groups is 3. The fraction of sp³-hybridized carbons (Fsp3) is 0.382. The smallest absolute Gasteiger partial charge is 0.341 e. The van der Waals surface area contributed by atoms with Gasteiger partial charge < -0.3 is 20.1 Å². The van der Waals surface area contributed by atoms with E-state index in [1.54, 1.807) is 13.2 Å². The Balaban J connectivity index is 1.24. The number of carbonyl (C=O) groups excluding carboxylic acids is 3. The zero-order valence-electron chi connectivity index (χ0n) is 26.0. The van der Waals surface area contributed by atoms with Crippen LogP contribution >= 0.6 is 0 Å². The van der Waals surface area contributed by atoms with E-state index in [0.29, 0.717) is 48.4 Å². The minimum absolute atomic E-state index is 0.0139. The second-order valence-corrected chi connectivity index (χ2v) is 14.0. The van der Waals surface area contributed by atoms with E-state index in [-0.39, 0.29) is 25.4 Å². The lowest BCUT2D eigenvalue weighted by atomic mass is 10.1. The Morgan fingerprint density at radius 3 is 2.66 bits per heavy atom. The minimum atomic E-state index is -3.84. The Morgan fingerprint density at radius 2 is 1.89 bits per heavy atom. The maximum absolute atomic E-state index is 13.7. The van der Waals surface area contributed by atoms with Crippen molar-refractivity contribution in [1.29, 1.82) is 0 Å². The van der Waals surface area contributed by atoms with Crippen LogP contribution in [-0.2, 0) is 19.6 Å². The van der Waals surface area contributed by atoms with Crippen molar-refractivity contribution in [2.45, 2.75) is 61.8 Å². The van der Waals surface area contributed by atoms with Gasteiger partial charge in [-0.2, -0.15) is 0 Å². The van der Waals surface area contributed by atoms with Gasteiger partial charge in [-0.05, 0) is 50.7 Å². The number of nitrogens with one attached hydrogen (secondary N) is 3. The molecule has 2 aromatic carbocycles. The van der Waals surface area contributed by atoms with Crippen LogP contribution in [0, 0.1) is 5.92 Å². The van der Waals surface area contributed by atoms with Crippen LogP contribution in [0.5, 0.6) is 11.5 Å². The fourth-order valence-corrected chi connectivity index (χ4v) is 6.99. The van der Waals surface area contributed by atoms with Crippen LogP contribution in [0.1, 0.15) is 44.9 Å². The number of ether oxygens (including phenoxy) is 2. The first-order chi connectivity index (χ1) is 22.7. The molecule has 246 valence electrons. The number of urea groups is 1. The number of pyridine rings is 1. The van der Waals surface area contributed by atoms with Crippen molar-refractivity contribution in [1.82, 2.24) is 20.3 Å². The fourth-order valence-electron chi connectivity index (χ4n) is 5.63. The van der Waals surface area contributed by atoms with Gasteiger partial charge in [-0.15, -0.1) is 0 Å². The summed E-state index contributed by atoms with van der Waals surface area (Å²) in [6, 6.07) is 15.1. The summed E-state index contributed by atoms with van der Waals surface area (Å²) in [5.41, 5.74) is 0.776. The number of hydrogen-bond donors (Lipinski definition) is 3. The van der Waals surface area contributed by atoms with E-state index in [0.717, 1.165) is 17.4 Å². The van der Waals surface area contributed by atoms with E-state index in [1.807, 2.05) is 60.7 Å². The second kappa shape index (κ2) is 13.5. The standard InChI is InChI=1S/C34H37N5O7S/c1-45-24-12-15-26-29(19-24)36-28(22-9-5-4-6-10-22)20-30(26)46-18-16-27-31(40)38-34(32(41)39-47(43,44)25-13-14-25)21-23(34)11-7-2-3-8-17-35-33(42)37-27/h4-7,9-12,15,17,19-20,23,25,27H,2-3,8,13-14,16,18,21H2,1H3,(H,37,42)(H,38,40)(H,39,41)/b11-7-,35-17?/t23-,27-,34+/m0/s1. The summed E-state index contributed by atoms with van der Waals surface area (Å²) in [5, 5.41) is 5.56. The molecule has 1 aliphatic heterocycles. The number of methoxy groups -OCH3 is 1. The van der Waals surface area contributed by atoms with Crippen molar-refractivity contribution in [3.63, 3.8) is 0 Å². The number of hydrogen-bond acceptors (Lipinski definition) is 8. The van der Waals surface area contributed by atoms with Crippen molar-refractivity contribution in [2.24, 2.45) is 10.9 Å². The Hall–Kier alpha value is -4.78. The summed E-state index contributed by atoms with van der Waals surface area (Å²) < 4.78 is 39.1. The third-order valence-electron chi connectivity index (χ3n) is 8.57. The van der Waals surface area contributed by atoms with Gasteiger partial charge in [0, 0.05) is 41.6 Å². The van der Waals surface area contributed by atoms with Gasteiger partial charge >= 0.3 is 6.03 Å². The lowest BCUT2D eigenvalue weighted by Crippen LogP contribution is -2.57. The van der Waals surface area contributed by atoms with Gasteiger partial charge in [0.2, 0.25) is 15.9 Å². The molecule has 47 heavy (non-hydrogen) atoms. The van der Waals surface area contributed by atoms with Gasteiger partial charge in [-0.25, -0.2) is 23.2 Å². The molecule has 4 amide bonds. The normalized spacial score (nSPS) is 23.9. The number of rotatable bonds is 9. The molecule has 2 heterocycles. The molecular weight excluding hydrogens is 622 g/mol. The first-order valence-electron chi connectivity index (χ1n) is 15.7. The molecule has 2 fully saturated rings. The molecule has 6 rings (SSSR count). The molecule has 2 aliphatic carbocycles. The third-order valence-corrected chi connectivity index (χ3v) is 10.4. The van der Waals surface area contributed by atoms with Gasteiger partial charge in [0.1, 0.15) is 23.1 Å². The predicted molar refractivity (Wildman–Crippen MR) is 177 cm³/mol. The van der Waals surface area contributed by atoms with Crippen LogP contribution in [-0.4, -0.2) is 68.0 Å². The zero-order chi connectivity index (χ0) is 33.0. The number of aliphatic imine (C=N–C) groups is 1.